The van der Waals surface area contributed by atoms with E-state index in [1.54, 1.807) is 11.3 Å². The zero-order valence-corrected chi connectivity index (χ0v) is 17.8. The highest BCUT2D eigenvalue weighted by atomic mass is 32.1. The first-order valence-electron chi connectivity index (χ1n) is 10.4. The standard InChI is InChI=1S/C23H29N3O2S/c1-2-28-22-5-6-23-19(13-22)3-4-20(24-23)15-25-9-10-26(21(16-25)7-11-27)14-18-8-12-29-17-18/h3-6,8,12-13,17,21,27H,2,7,9-11,14-16H2,1H3. The van der Waals surface area contributed by atoms with Crippen molar-refractivity contribution in [3.8, 4) is 5.75 Å². The quantitative estimate of drug-likeness (QED) is 0.612. The lowest BCUT2D eigenvalue weighted by atomic mass is 10.1. The molecule has 0 spiro atoms. The number of rotatable bonds is 8. The van der Waals surface area contributed by atoms with E-state index in [-0.39, 0.29) is 6.61 Å². The van der Waals surface area contributed by atoms with Crippen molar-refractivity contribution in [2.24, 2.45) is 0 Å². The summed E-state index contributed by atoms with van der Waals surface area (Å²) in [6.07, 6.45) is 0.811. The second-order valence-electron chi connectivity index (χ2n) is 7.59. The van der Waals surface area contributed by atoms with Gasteiger partial charge in [0, 0.05) is 50.8 Å². The van der Waals surface area contributed by atoms with Crippen molar-refractivity contribution in [1.82, 2.24) is 14.8 Å². The van der Waals surface area contributed by atoms with Crippen molar-refractivity contribution >= 4 is 22.2 Å². The third kappa shape index (κ3) is 5.14. The largest absolute Gasteiger partial charge is 0.494 e. The van der Waals surface area contributed by atoms with Gasteiger partial charge in [-0.1, -0.05) is 6.07 Å². The third-order valence-electron chi connectivity index (χ3n) is 5.53. The van der Waals surface area contributed by atoms with Crippen LogP contribution in [0, 0.1) is 0 Å². The van der Waals surface area contributed by atoms with Crippen LogP contribution in [0.2, 0.25) is 0 Å². The summed E-state index contributed by atoms with van der Waals surface area (Å²) in [5.41, 5.74) is 3.47. The van der Waals surface area contributed by atoms with Gasteiger partial charge in [-0.15, -0.1) is 0 Å². The molecule has 0 amide bonds. The predicted octanol–water partition coefficient (Wildman–Crippen LogP) is 3.76. The molecule has 1 unspecified atom stereocenters. The average molecular weight is 412 g/mol. The van der Waals surface area contributed by atoms with Gasteiger partial charge in [-0.2, -0.15) is 11.3 Å². The number of aliphatic hydroxyl groups is 1. The first kappa shape index (κ1) is 20.3. The van der Waals surface area contributed by atoms with Gasteiger partial charge in [-0.05, 0) is 60.0 Å². The summed E-state index contributed by atoms with van der Waals surface area (Å²) >= 11 is 1.75. The summed E-state index contributed by atoms with van der Waals surface area (Å²) in [4.78, 5) is 9.84. The first-order valence-corrected chi connectivity index (χ1v) is 11.3. The molecular formula is C23H29N3O2S. The predicted molar refractivity (Wildman–Crippen MR) is 118 cm³/mol. The Balaban J connectivity index is 1.41. The molecule has 1 aliphatic rings. The topological polar surface area (TPSA) is 48.8 Å². The zero-order chi connectivity index (χ0) is 20.1. The first-order chi connectivity index (χ1) is 14.2. The van der Waals surface area contributed by atoms with Crippen molar-refractivity contribution in [1.29, 1.82) is 0 Å². The lowest BCUT2D eigenvalue weighted by Gasteiger charge is -2.41. The summed E-state index contributed by atoms with van der Waals surface area (Å²) in [6.45, 7) is 7.72. The van der Waals surface area contributed by atoms with Crippen LogP contribution in [0.25, 0.3) is 10.9 Å². The van der Waals surface area contributed by atoms with Crippen LogP contribution < -0.4 is 4.74 Å². The molecule has 5 nitrogen and oxygen atoms in total. The van der Waals surface area contributed by atoms with Crippen LogP contribution in [-0.4, -0.2) is 58.8 Å². The Bertz CT molecular complexity index is 916. The Morgan fingerprint density at radius 3 is 2.90 bits per heavy atom. The second-order valence-corrected chi connectivity index (χ2v) is 8.37. The highest BCUT2D eigenvalue weighted by Gasteiger charge is 2.27. The molecular weight excluding hydrogens is 382 g/mol. The summed E-state index contributed by atoms with van der Waals surface area (Å²) in [5.74, 6) is 0.892. The molecule has 1 fully saturated rings. The zero-order valence-electron chi connectivity index (χ0n) is 17.0. The Morgan fingerprint density at radius 1 is 1.17 bits per heavy atom. The Morgan fingerprint density at radius 2 is 2.10 bits per heavy atom. The average Bonchev–Trinajstić information content (AvgIpc) is 3.24. The van der Waals surface area contributed by atoms with E-state index in [1.165, 1.54) is 5.56 Å². The van der Waals surface area contributed by atoms with E-state index in [1.807, 2.05) is 19.1 Å². The van der Waals surface area contributed by atoms with E-state index >= 15 is 0 Å². The van der Waals surface area contributed by atoms with Gasteiger partial charge < -0.3 is 9.84 Å². The molecule has 6 heteroatoms. The molecule has 2 aromatic heterocycles. The molecule has 0 bridgehead atoms. The van der Waals surface area contributed by atoms with Crippen LogP contribution in [0.5, 0.6) is 5.75 Å². The highest BCUT2D eigenvalue weighted by molar-refractivity contribution is 7.07. The van der Waals surface area contributed by atoms with Gasteiger partial charge >= 0.3 is 0 Å². The van der Waals surface area contributed by atoms with Crippen molar-refractivity contribution in [3.63, 3.8) is 0 Å². The fraction of sp³-hybridized carbons (Fsp3) is 0.435. The monoisotopic (exact) mass is 411 g/mol. The SMILES string of the molecule is CCOc1ccc2nc(CN3CCN(Cc4ccsc4)C(CCO)C3)ccc2c1. The van der Waals surface area contributed by atoms with Gasteiger partial charge in [0.15, 0.2) is 0 Å². The number of ether oxygens (including phenoxy) is 1. The van der Waals surface area contributed by atoms with Gasteiger partial charge in [-0.3, -0.25) is 14.8 Å². The van der Waals surface area contributed by atoms with Crippen molar-refractivity contribution < 1.29 is 9.84 Å². The van der Waals surface area contributed by atoms with Crippen LogP contribution in [0.1, 0.15) is 24.6 Å². The van der Waals surface area contributed by atoms with Crippen LogP contribution in [0.3, 0.4) is 0 Å². The third-order valence-corrected chi connectivity index (χ3v) is 6.26. The molecule has 1 aliphatic heterocycles. The van der Waals surface area contributed by atoms with E-state index in [0.717, 1.165) is 61.5 Å². The summed E-state index contributed by atoms with van der Waals surface area (Å²) in [6, 6.07) is 12.9. The number of piperazine rings is 1. The molecule has 1 aromatic carbocycles. The van der Waals surface area contributed by atoms with E-state index in [2.05, 4.69) is 44.8 Å². The van der Waals surface area contributed by atoms with Crippen LogP contribution in [-0.2, 0) is 13.1 Å². The minimum Gasteiger partial charge on any atom is -0.494 e. The lowest BCUT2D eigenvalue weighted by molar-refractivity contribution is 0.0495. The number of benzene rings is 1. The van der Waals surface area contributed by atoms with E-state index in [0.29, 0.717) is 12.6 Å². The molecule has 3 heterocycles. The number of pyridine rings is 1. The molecule has 154 valence electrons. The van der Waals surface area contributed by atoms with Gasteiger partial charge in [0.05, 0.1) is 17.8 Å². The fourth-order valence-electron chi connectivity index (χ4n) is 4.07. The lowest BCUT2D eigenvalue weighted by Crippen LogP contribution is -2.52. The smallest absolute Gasteiger partial charge is 0.120 e. The number of aliphatic hydroxyl groups excluding tert-OH is 1. The van der Waals surface area contributed by atoms with Crippen molar-refractivity contribution in [2.75, 3.05) is 32.8 Å². The van der Waals surface area contributed by atoms with E-state index < -0.39 is 0 Å². The Hall–Kier alpha value is -1.99. The maximum atomic E-state index is 9.55. The van der Waals surface area contributed by atoms with Crippen LogP contribution in [0.15, 0.2) is 47.2 Å². The van der Waals surface area contributed by atoms with Gasteiger partial charge in [-0.25, -0.2) is 0 Å². The minimum atomic E-state index is 0.231. The molecule has 4 rings (SSSR count). The van der Waals surface area contributed by atoms with Gasteiger partial charge in [0.25, 0.3) is 0 Å². The highest BCUT2D eigenvalue weighted by Crippen LogP contribution is 2.22. The molecule has 0 radical (unpaired) electrons. The number of hydrogen-bond acceptors (Lipinski definition) is 6. The normalized spacial score (nSPS) is 18.3. The Kier molecular flexibility index (Phi) is 6.77. The number of hydrogen-bond donors (Lipinski definition) is 1. The van der Waals surface area contributed by atoms with Gasteiger partial charge in [0.2, 0.25) is 0 Å². The maximum absolute atomic E-state index is 9.55. The molecule has 0 saturated carbocycles. The van der Waals surface area contributed by atoms with E-state index in [9.17, 15) is 5.11 Å². The molecule has 1 N–H and O–H groups in total. The van der Waals surface area contributed by atoms with Gasteiger partial charge in [0.1, 0.15) is 5.75 Å². The molecule has 29 heavy (non-hydrogen) atoms. The molecule has 3 aromatic rings. The number of fused-ring (bicyclic) bond motifs is 1. The minimum absolute atomic E-state index is 0.231. The fourth-order valence-corrected chi connectivity index (χ4v) is 4.73. The molecule has 0 aliphatic carbocycles. The molecule has 1 saturated heterocycles. The van der Waals surface area contributed by atoms with Crippen LogP contribution >= 0.6 is 11.3 Å². The van der Waals surface area contributed by atoms with Crippen LogP contribution in [0.4, 0.5) is 0 Å². The number of aromatic nitrogens is 1. The second kappa shape index (κ2) is 9.67. The number of nitrogens with zero attached hydrogens (tertiary/aromatic N) is 3. The number of thiophene rings is 1. The Labute approximate surface area is 176 Å². The summed E-state index contributed by atoms with van der Waals surface area (Å²) in [5, 5.41) is 15.0. The summed E-state index contributed by atoms with van der Waals surface area (Å²) in [7, 11) is 0. The maximum Gasteiger partial charge on any atom is 0.120 e. The van der Waals surface area contributed by atoms with Crippen molar-refractivity contribution in [2.45, 2.75) is 32.5 Å². The summed E-state index contributed by atoms with van der Waals surface area (Å²) < 4.78 is 5.59. The van der Waals surface area contributed by atoms with Crippen molar-refractivity contribution in [3.05, 3.63) is 58.4 Å². The molecule has 1 atom stereocenters. The van der Waals surface area contributed by atoms with E-state index in [4.69, 9.17) is 9.72 Å².